The lowest BCUT2D eigenvalue weighted by Gasteiger charge is -2.07. The van der Waals surface area contributed by atoms with Crippen molar-refractivity contribution in [3.05, 3.63) is 65.7 Å². The minimum absolute atomic E-state index is 0.143. The molecular formula is C19H22N4O2. The zero-order valence-corrected chi connectivity index (χ0v) is 14.1. The molecule has 1 amide bonds. The number of rotatable bonds is 6. The van der Waals surface area contributed by atoms with E-state index in [4.69, 9.17) is 4.74 Å². The molecule has 1 saturated heterocycles. The normalized spacial score (nSPS) is 19.9. The van der Waals surface area contributed by atoms with Crippen molar-refractivity contribution in [2.24, 2.45) is 5.10 Å². The molecule has 1 heterocycles. The SMILES string of the molecule is CC1CC(C(=O)N/N=C/c2ccc(OCc3ccccc3)cc2)NN1. The zero-order valence-electron chi connectivity index (χ0n) is 14.1. The van der Waals surface area contributed by atoms with Gasteiger partial charge in [-0.2, -0.15) is 5.10 Å². The Kier molecular flexibility index (Phi) is 5.77. The molecule has 0 saturated carbocycles. The highest BCUT2D eigenvalue weighted by molar-refractivity contribution is 5.85. The third kappa shape index (κ3) is 5.14. The minimum Gasteiger partial charge on any atom is -0.489 e. The average molecular weight is 338 g/mol. The second-order valence-corrected chi connectivity index (χ2v) is 6.06. The van der Waals surface area contributed by atoms with Crippen LogP contribution < -0.4 is 21.0 Å². The number of nitrogens with one attached hydrogen (secondary N) is 3. The van der Waals surface area contributed by atoms with Crippen molar-refractivity contribution in [2.45, 2.75) is 32.0 Å². The average Bonchev–Trinajstić information content (AvgIpc) is 3.08. The molecule has 1 aliphatic heterocycles. The number of hydrazine groups is 1. The van der Waals surface area contributed by atoms with Crippen molar-refractivity contribution < 1.29 is 9.53 Å². The van der Waals surface area contributed by atoms with E-state index in [-0.39, 0.29) is 18.0 Å². The van der Waals surface area contributed by atoms with Crippen LogP contribution in [0.3, 0.4) is 0 Å². The van der Waals surface area contributed by atoms with Gasteiger partial charge in [0.2, 0.25) is 0 Å². The number of benzene rings is 2. The summed E-state index contributed by atoms with van der Waals surface area (Å²) in [4.78, 5) is 11.9. The summed E-state index contributed by atoms with van der Waals surface area (Å²) in [5.74, 6) is 0.649. The third-order valence-electron chi connectivity index (χ3n) is 3.93. The molecule has 0 radical (unpaired) electrons. The van der Waals surface area contributed by atoms with Crippen molar-refractivity contribution in [1.82, 2.24) is 16.3 Å². The first-order chi connectivity index (χ1) is 12.2. The van der Waals surface area contributed by atoms with E-state index >= 15 is 0 Å². The van der Waals surface area contributed by atoms with E-state index in [1.54, 1.807) is 6.21 Å². The van der Waals surface area contributed by atoms with Crippen LogP contribution in [0.4, 0.5) is 0 Å². The predicted octanol–water partition coefficient (Wildman–Crippen LogP) is 1.97. The van der Waals surface area contributed by atoms with Crippen LogP contribution in [0.25, 0.3) is 0 Å². The van der Waals surface area contributed by atoms with Crippen LogP contribution in [0.5, 0.6) is 5.75 Å². The molecular weight excluding hydrogens is 316 g/mol. The Morgan fingerprint density at radius 2 is 1.96 bits per heavy atom. The lowest BCUT2D eigenvalue weighted by molar-refractivity contribution is -0.122. The monoisotopic (exact) mass is 338 g/mol. The van der Waals surface area contributed by atoms with Gasteiger partial charge in [-0.3, -0.25) is 10.2 Å². The highest BCUT2D eigenvalue weighted by Crippen LogP contribution is 2.13. The van der Waals surface area contributed by atoms with Crippen molar-refractivity contribution in [1.29, 1.82) is 0 Å². The summed E-state index contributed by atoms with van der Waals surface area (Å²) < 4.78 is 5.74. The fourth-order valence-corrected chi connectivity index (χ4v) is 2.53. The van der Waals surface area contributed by atoms with Gasteiger partial charge < -0.3 is 4.74 Å². The largest absolute Gasteiger partial charge is 0.489 e. The van der Waals surface area contributed by atoms with Gasteiger partial charge in [0.15, 0.2) is 0 Å². The first kappa shape index (κ1) is 17.1. The van der Waals surface area contributed by atoms with Gasteiger partial charge in [0.25, 0.3) is 5.91 Å². The van der Waals surface area contributed by atoms with E-state index in [0.29, 0.717) is 6.61 Å². The van der Waals surface area contributed by atoms with Gasteiger partial charge in [-0.05, 0) is 48.7 Å². The lowest BCUT2D eigenvalue weighted by Crippen LogP contribution is -2.41. The van der Waals surface area contributed by atoms with Gasteiger partial charge in [0.1, 0.15) is 18.4 Å². The maximum absolute atomic E-state index is 11.9. The molecule has 0 spiro atoms. The van der Waals surface area contributed by atoms with Crippen LogP contribution >= 0.6 is 0 Å². The molecule has 2 unspecified atom stereocenters. The summed E-state index contributed by atoms with van der Waals surface area (Å²) >= 11 is 0. The topological polar surface area (TPSA) is 74.8 Å². The molecule has 3 N–H and O–H groups in total. The summed E-state index contributed by atoms with van der Waals surface area (Å²) in [5, 5.41) is 4.00. The van der Waals surface area contributed by atoms with Crippen LogP contribution in [-0.4, -0.2) is 24.2 Å². The fraction of sp³-hybridized carbons (Fsp3) is 0.263. The van der Waals surface area contributed by atoms with Gasteiger partial charge in [0, 0.05) is 6.04 Å². The fourth-order valence-electron chi connectivity index (χ4n) is 2.53. The summed E-state index contributed by atoms with van der Waals surface area (Å²) in [6.07, 6.45) is 2.36. The van der Waals surface area contributed by atoms with Crippen LogP contribution in [0, 0.1) is 0 Å². The number of nitrogens with zero attached hydrogens (tertiary/aromatic N) is 1. The quantitative estimate of drug-likeness (QED) is 0.556. The van der Waals surface area contributed by atoms with Gasteiger partial charge in [-0.1, -0.05) is 30.3 Å². The van der Waals surface area contributed by atoms with Crippen LogP contribution in [0.15, 0.2) is 59.7 Å². The molecule has 3 rings (SSSR count). The Hall–Kier alpha value is -2.70. The second kappa shape index (κ2) is 8.41. The van der Waals surface area contributed by atoms with Gasteiger partial charge >= 0.3 is 0 Å². The van der Waals surface area contributed by atoms with E-state index in [2.05, 4.69) is 21.4 Å². The predicted molar refractivity (Wildman–Crippen MR) is 97.1 cm³/mol. The first-order valence-corrected chi connectivity index (χ1v) is 8.31. The number of ether oxygens (including phenoxy) is 1. The highest BCUT2D eigenvalue weighted by Gasteiger charge is 2.26. The Morgan fingerprint density at radius 3 is 2.64 bits per heavy atom. The minimum atomic E-state index is -0.249. The number of hydrogen-bond acceptors (Lipinski definition) is 5. The molecule has 6 nitrogen and oxygen atoms in total. The lowest BCUT2D eigenvalue weighted by atomic mass is 10.1. The molecule has 6 heteroatoms. The smallest absolute Gasteiger partial charge is 0.258 e. The molecule has 130 valence electrons. The van der Waals surface area contributed by atoms with Crippen molar-refractivity contribution in [3.8, 4) is 5.75 Å². The number of amides is 1. The van der Waals surface area contributed by atoms with Crippen LogP contribution in [0.2, 0.25) is 0 Å². The Bertz CT molecular complexity index is 716. The van der Waals surface area contributed by atoms with Gasteiger partial charge in [-0.15, -0.1) is 0 Å². The number of hydrogen-bond donors (Lipinski definition) is 3. The summed E-state index contributed by atoms with van der Waals surface area (Å²) in [6.45, 7) is 2.55. The second-order valence-electron chi connectivity index (χ2n) is 6.06. The van der Waals surface area contributed by atoms with Crippen LogP contribution in [-0.2, 0) is 11.4 Å². The number of carbonyl (C=O) groups is 1. The molecule has 2 aromatic carbocycles. The third-order valence-corrected chi connectivity index (χ3v) is 3.93. The zero-order chi connectivity index (χ0) is 17.5. The maximum Gasteiger partial charge on any atom is 0.258 e. The number of carbonyl (C=O) groups excluding carboxylic acids is 1. The summed E-state index contributed by atoms with van der Waals surface area (Å²) in [6, 6.07) is 17.6. The van der Waals surface area contributed by atoms with Crippen molar-refractivity contribution in [3.63, 3.8) is 0 Å². The van der Waals surface area contributed by atoms with E-state index in [0.717, 1.165) is 23.3 Å². The number of hydrazone groups is 1. The molecule has 1 fully saturated rings. The van der Waals surface area contributed by atoms with Gasteiger partial charge in [-0.25, -0.2) is 10.9 Å². The Balaban J connectivity index is 1.46. The van der Waals surface area contributed by atoms with Crippen molar-refractivity contribution in [2.75, 3.05) is 0 Å². The van der Waals surface area contributed by atoms with Gasteiger partial charge in [0.05, 0.1) is 6.21 Å². The molecule has 0 bridgehead atoms. The van der Waals surface area contributed by atoms with E-state index in [1.165, 1.54) is 0 Å². The molecule has 1 aliphatic rings. The molecule has 0 aromatic heterocycles. The maximum atomic E-state index is 11.9. The van der Waals surface area contributed by atoms with Crippen molar-refractivity contribution >= 4 is 12.1 Å². The Morgan fingerprint density at radius 1 is 1.20 bits per heavy atom. The summed E-state index contributed by atoms with van der Waals surface area (Å²) in [7, 11) is 0. The highest BCUT2D eigenvalue weighted by atomic mass is 16.5. The Labute approximate surface area is 147 Å². The summed E-state index contributed by atoms with van der Waals surface area (Å²) in [5.41, 5.74) is 10.5. The van der Waals surface area contributed by atoms with E-state index < -0.39 is 0 Å². The molecule has 0 aliphatic carbocycles. The van der Waals surface area contributed by atoms with Crippen LogP contribution in [0.1, 0.15) is 24.5 Å². The molecule has 25 heavy (non-hydrogen) atoms. The molecule has 2 aromatic rings. The van der Waals surface area contributed by atoms with E-state index in [9.17, 15) is 4.79 Å². The standard InChI is InChI=1S/C19H22N4O2/c1-14-11-18(22-21-14)19(24)23-20-12-15-7-9-17(10-8-15)25-13-16-5-3-2-4-6-16/h2-10,12,14,18,21-22H,11,13H2,1H3,(H,23,24)/b20-12+. The first-order valence-electron chi connectivity index (χ1n) is 8.31. The molecule has 2 atom stereocenters. The van der Waals surface area contributed by atoms with E-state index in [1.807, 2.05) is 61.5 Å².